The van der Waals surface area contributed by atoms with Gasteiger partial charge in [-0.05, 0) is 12.8 Å². The number of halogens is 1. The second-order valence-electron chi connectivity index (χ2n) is 5.48. The molecular weight excluding hydrogens is 295 g/mol. The topological polar surface area (TPSA) is 103 Å². The lowest BCUT2D eigenvalue weighted by atomic mass is 9.83. The molecule has 1 saturated carbocycles. The zero-order valence-electron chi connectivity index (χ0n) is 13.5. The van der Waals surface area contributed by atoms with Crippen molar-refractivity contribution in [3.8, 4) is 0 Å². The second kappa shape index (κ2) is 8.73. The first-order valence-electron chi connectivity index (χ1n) is 7.37. The van der Waals surface area contributed by atoms with Gasteiger partial charge in [-0.15, -0.1) is 0 Å². The summed E-state index contributed by atoms with van der Waals surface area (Å²) in [5.41, 5.74) is 6.05. The highest BCUT2D eigenvalue weighted by atomic mass is 19.1. The number of amides is 1. The molecule has 7 nitrogen and oxygen atoms in total. The quantitative estimate of drug-likeness (QED) is 0.576. The van der Waals surface area contributed by atoms with E-state index in [1.807, 2.05) is 0 Å². The van der Waals surface area contributed by atoms with Crippen LogP contribution >= 0.6 is 0 Å². The summed E-state index contributed by atoms with van der Waals surface area (Å²) in [6, 6.07) is -0.876. The lowest BCUT2D eigenvalue weighted by Crippen LogP contribution is -2.65. The predicted octanol–water partition coefficient (Wildman–Crippen LogP) is -0.644. The maximum Gasteiger partial charge on any atom is 0.252 e. The van der Waals surface area contributed by atoms with Gasteiger partial charge in [0.05, 0.1) is 6.04 Å². The second-order valence-corrected chi connectivity index (χ2v) is 5.48. The van der Waals surface area contributed by atoms with E-state index in [9.17, 15) is 14.3 Å². The van der Waals surface area contributed by atoms with Gasteiger partial charge in [-0.1, -0.05) is 6.92 Å². The lowest BCUT2D eigenvalue weighted by molar-refractivity contribution is -0.154. The van der Waals surface area contributed by atoms with E-state index in [1.165, 1.54) is 21.3 Å². The van der Waals surface area contributed by atoms with Crippen LogP contribution in [-0.2, 0) is 19.0 Å². The number of ether oxygens (including phenoxy) is 3. The van der Waals surface area contributed by atoms with E-state index in [0.717, 1.165) is 0 Å². The summed E-state index contributed by atoms with van der Waals surface area (Å²) in [5.74, 6) is -0.778. The number of alkyl halides is 1. The van der Waals surface area contributed by atoms with E-state index in [1.54, 1.807) is 6.92 Å². The molecule has 1 amide bonds. The Balaban J connectivity index is 2.82. The number of nitrogens with one attached hydrogen (secondary N) is 1. The van der Waals surface area contributed by atoms with Crippen LogP contribution in [0.3, 0.4) is 0 Å². The van der Waals surface area contributed by atoms with Crippen molar-refractivity contribution in [2.75, 3.05) is 21.3 Å². The smallest absolute Gasteiger partial charge is 0.252 e. The van der Waals surface area contributed by atoms with Crippen LogP contribution in [0.25, 0.3) is 0 Å². The number of hydrogen-bond acceptors (Lipinski definition) is 6. The number of methoxy groups -OCH3 is 3. The molecule has 3 unspecified atom stereocenters. The minimum atomic E-state index is -1.71. The van der Waals surface area contributed by atoms with Crippen molar-refractivity contribution in [1.29, 1.82) is 0 Å². The Kier molecular flexibility index (Phi) is 7.64. The molecule has 22 heavy (non-hydrogen) atoms. The average Bonchev–Trinajstić information content (AvgIpc) is 2.52. The third-order valence-corrected chi connectivity index (χ3v) is 4.14. The Bertz CT molecular complexity index is 360. The van der Waals surface area contributed by atoms with Crippen molar-refractivity contribution in [3.63, 3.8) is 0 Å². The summed E-state index contributed by atoms with van der Waals surface area (Å²) in [4.78, 5) is 12.0. The monoisotopic (exact) mass is 322 g/mol. The fraction of sp³-hybridized carbons (Fsp3) is 0.929. The van der Waals surface area contributed by atoms with E-state index in [-0.39, 0.29) is 18.6 Å². The van der Waals surface area contributed by atoms with Gasteiger partial charge in [-0.25, -0.2) is 4.39 Å². The zero-order chi connectivity index (χ0) is 16.9. The summed E-state index contributed by atoms with van der Waals surface area (Å²) in [5, 5.41) is 12.3. The number of rotatable bonds is 7. The highest BCUT2D eigenvalue weighted by molar-refractivity contribution is 5.81. The standard InChI is InChI=1S/C14H27FN2O5/c1-5-7(15)10(18)14(19)17-9-6-8(16)11(20-2)13(22-4)12(9)21-3/h7-13,18H,5-6,16H2,1-4H3,(H,17,19)/t7?,8-,9+,10?,11+,12?,13-/m0/s1. The summed E-state index contributed by atoms with van der Waals surface area (Å²) in [6.07, 6.45) is -4.25. The van der Waals surface area contributed by atoms with Gasteiger partial charge in [-0.2, -0.15) is 0 Å². The zero-order valence-corrected chi connectivity index (χ0v) is 13.5. The van der Waals surface area contributed by atoms with Crippen LogP contribution in [-0.4, -0.2) is 75.0 Å². The normalized spacial score (nSPS) is 35.0. The van der Waals surface area contributed by atoms with Gasteiger partial charge in [0.15, 0.2) is 6.10 Å². The van der Waals surface area contributed by atoms with Gasteiger partial charge in [0, 0.05) is 27.4 Å². The van der Waals surface area contributed by atoms with E-state index >= 15 is 0 Å². The Morgan fingerprint density at radius 2 is 1.82 bits per heavy atom. The molecule has 0 aromatic carbocycles. The summed E-state index contributed by atoms with van der Waals surface area (Å²) >= 11 is 0. The molecule has 0 aromatic rings. The van der Waals surface area contributed by atoms with E-state index in [4.69, 9.17) is 19.9 Å². The molecule has 7 atom stereocenters. The van der Waals surface area contributed by atoms with Crippen LogP contribution < -0.4 is 11.1 Å². The summed E-state index contributed by atoms with van der Waals surface area (Å²) in [7, 11) is 4.52. The minimum absolute atomic E-state index is 0.0545. The first kappa shape index (κ1) is 19.2. The molecule has 1 fully saturated rings. The first-order chi connectivity index (χ1) is 10.4. The Morgan fingerprint density at radius 3 is 2.27 bits per heavy atom. The molecule has 8 heteroatoms. The Labute approximate surface area is 130 Å². The molecular formula is C14H27FN2O5. The first-order valence-corrected chi connectivity index (χ1v) is 7.37. The fourth-order valence-electron chi connectivity index (χ4n) is 2.89. The Morgan fingerprint density at radius 1 is 1.27 bits per heavy atom. The van der Waals surface area contributed by atoms with Crippen molar-refractivity contribution in [1.82, 2.24) is 5.32 Å². The number of carbonyl (C=O) groups is 1. The molecule has 1 rings (SSSR count). The van der Waals surface area contributed by atoms with Crippen LogP contribution in [0.4, 0.5) is 4.39 Å². The van der Waals surface area contributed by atoms with E-state index < -0.39 is 36.4 Å². The van der Waals surface area contributed by atoms with E-state index in [0.29, 0.717) is 6.42 Å². The van der Waals surface area contributed by atoms with Gasteiger partial charge in [0.25, 0.3) is 5.91 Å². The molecule has 0 aliphatic heterocycles. The third-order valence-electron chi connectivity index (χ3n) is 4.14. The maximum atomic E-state index is 13.4. The van der Waals surface area contributed by atoms with Crippen LogP contribution in [0, 0.1) is 0 Å². The molecule has 0 saturated heterocycles. The van der Waals surface area contributed by atoms with Crippen LogP contribution in [0.15, 0.2) is 0 Å². The van der Waals surface area contributed by atoms with Crippen molar-refractivity contribution < 1.29 is 28.5 Å². The molecule has 1 aliphatic rings. The van der Waals surface area contributed by atoms with E-state index in [2.05, 4.69) is 5.32 Å². The highest BCUT2D eigenvalue weighted by Crippen LogP contribution is 2.26. The number of carbonyl (C=O) groups excluding carboxylic acids is 1. The van der Waals surface area contributed by atoms with Gasteiger partial charge < -0.3 is 30.4 Å². The van der Waals surface area contributed by atoms with Crippen molar-refractivity contribution in [2.24, 2.45) is 5.73 Å². The molecule has 0 bridgehead atoms. The molecule has 0 spiro atoms. The van der Waals surface area contributed by atoms with Gasteiger partial charge in [-0.3, -0.25) is 4.79 Å². The fourth-order valence-corrected chi connectivity index (χ4v) is 2.89. The predicted molar refractivity (Wildman–Crippen MR) is 78.1 cm³/mol. The average molecular weight is 322 g/mol. The molecule has 4 N–H and O–H groups in total. The van der Waals surface area contributed by atoms with Crippen LogP contribution in [0.2, 0.25) is 0 Å². The van der Waals surface area contributed by atoms with Crippen molar-refractivity contribution in [3.05, 3.63) is 0 Å². The van der Waals surface area contributed by atoms with Gasteiger partial charge in [0.2, 0.25) is 0 Å². The molecule has 0 aromatic heterocycles. The maximum absolute atomic E-state index is 13.4. The van der Waals surface area contributed by atoms with Gasteiger partial charge >= 0.3 is 0 Å². The Hall–Kier alpha value is -0.800. The number of hydrogen-bond donors (Lipinski definition) is 3. The minimum Gasteiger partial charge on any atom is -0.380 e. The van der Waals surface area contributed by atoms with Gasteiger partial charge in [0.1, 0.15) is 24.5 Å². The summed E-state index contributed by atoms with van der Waals surface area (Å²) in [6.45, 7) is 1.56. The van der Waals surface area contributed by atoms with Crippen molar-refractivity contribution in [2.45, 2.75) is 62.4 Å². The highest BCUT2D eigenvalue weighted by Gasteiger charge is 2.45. The van der Waals surface area contributed by atoms with Crippen LogP contribution in [0.1, 0.15) is 19.8 Å². The summed E-state index contributed by atoms with van der Waals surface area (Å²) < 4.78 is 29.6. The number of aliphatic hydroxyl groups excluding tert-OH is 1. The molecule has 1 aliphatic carbocycles. The van der Waals surface area contributed by atoms with Crippen LogP contribution in [0.5, 0.6) is 0 Å². The largest absolute Gasteiger partial charge is 0.380 e. The third kappa shape index (κ3) is 4.14. The molecule has 0 radical (unpaired) electrons. The molecule has 0 heterocycles. The molecule has 130 valence electrons. The SMILES string of the molecule is CCC(F)C(O)C(=O)N[C@@H]1C[C@H](N)[C@@H](OC)[C@H](OC)C1OC. The van der Waals surface area contributed by atoms with Crippen molar-refractivity contribution >= 4 is 5.91 Å². The lowest BCUT2D eigenvalue weighted by Gasteiger charge is -2.44. The number of nitrogens with two attached hydrogens (primary N) is 1. The number of aliphatic hydroxyl groups is 1.